The summed E-state index contributed by atoms with van der Waals surface area (Å²) in [4.78, 5) is 0. The predicted molar refractivity (Wildman–Crippen MR) is 65.3 cm³/mol. The minimum Gasteiger partial charge on any atom is -0.487 e. The highest BCUT2D eigenvalue weighted by Crippen LogP contribution is 2.37. The monoisotopic (exact) mass is 268 g/mol. The summed E-state index contributed by atoms with van der Waals surface area (Å²) in [7, 11) is 0. The number of benzene rings is 1. The van der Waals surface area contributed by atoms with Crippen molar-refractivity contribution in [1.82, 2.24) is 0 Å². The van der Waals surface area contributed by atoms with Gasteiger partial charge in [-0.05, 0) is 18.6 Å². The van der Waals surface area contributed by atoms with Gasteiger partial charge in [-0.1, -0.05) is 6.07 Å². The molecule has 2 aliphatic rings. The van der Waals surface area contributed by atoms with Crippen LogP contribution in [-0.2, 0) is 9.47 Å². The molecule has 2 atom stereocenters. The first-order valence-electron chi connectivity index (χ1n) is 6.55. The van der Waals surface area contributed by atoms with Gasteiger partial charge in [-0.3, -0.25) is 0 Å². The third-order valence-corrected chi connectivity index (χ3v) is 3.66. The first kappa shape index (κ1) is 12.8. The summed E-state index contributed by atoms with van der Waals surface area (Å²) >= 11 is 0. The van der Waals surface area contributed by atoms with Crippen LogP contribution in [0.4, 0.5) is 4.39 Å². The average Bonchev–Trinajstić information content (AvgIpc) is 2.83. The number of aliphatic hydroxyl groups excluding tert-OH is 1. The maximum Gasteiger partial charge on any atom is 0.172 e. The summed E-state index contributed by atoms with van der Waals surface area (Å²) in [6.45, 7) is 1.14. The number of hydrogen-bond donors (Lipinski definition) is 1. The van der Waals surface area contributed by atoms with E-state index < -0.39 is 18.0 Å². The van der Waals surface area contributed by atoms with Gasteiger partial charge < -0.3 is 19.3 Å². The second kappa shape index (κ2) is 5.07. The van der Waals surface area contributed by atoms with Crippen LogP contribution in [-0.4, -0.2) is 36.3 Å². The minimum absolute atomic E-state index is 0.356. The van der Waals surface area contributed by atoms with Crippen molar-refractivity contribution in [2.45, 2.75) is 37.3 Å². The van der Waals surface area contributed by atoms with Gasteiger partial charge in [0.1, 0.15) is 17.7 Å². The van der Waals surface area contributed by atoms with Crippen molar-refractivity contribution in [1.29, 1.82) is 0 Å². The summed E-state index contributed by atoms with van der Waals surface area (Å²) in [6.07, 6.45) is 0.664. The van der Waals surface area contributed by atoms with E-state index in [4.69, 9.17) is 14.2 Å². The van der Waals surface area contributed by atoms with E-state index in [-0.39, 0.29) is 5.82 Å². The lowest BCUT2D eigenvalue weighted by Crippen LogP contribution is -2.47. The molecule has 0 aromatic heterocycles. The molecule has 5 heteroatoms. The molecule has 1 aromatic carbocycles. The molecule has 0 amide bonds. The van der Waals surface area contributed by atoms with Gasteiger partial charge >= 0.3 is 0 Å². The molecule has 104 valence electrons. The van der Waals surface area contributed by atoms with Crippen molar-refractivity contribution < 1.29 is 23.7 Å². The van der Waals surface area contributed by atoms with Crippen LogP contribution < -0.4 is 4.74 Å². The zero-order chi connectivity index (χ0) is 13.3. The topological polar surface area (TPSA) is 47.9 Å². The molecule has 1 N–H and O–H groups in total. The molecule has 1 aromatic rings. The third kappa shape index (κ3) is 2.73. The fourth-order valence-corrected chi connectivity index (χ4v) is 2.69. The lowest BCUT2D eigenvalue weighted by Gasteiger charge is -2.38. The zero-order valence-electron chi connectivity index (χ0n) is 10.5. The van der Waals surface area contributed by atoms with E-state index in [1.165, 1.54) is 12.1 Å². The molecule has 0 bridgehead atoms. The van der Waals surface area contributed by atoms with E-state index >= 15 is 0 Å². The van der Waals surface area contributed by atoms with Gasteiger partial charge in [0.05, 0.1) is 19.3 Å². The van der Waals surface area contributed by atoms with Crippen LogP contribution in [0.2, 0.25) is 0 Å². The summed E-state index contributed by atoms with van der Waals surface area (Å²) in [5.41, 5.74) is 0. The molecule has 2 fully saturated rings. The quantitative estimate of drug-likeness (QED) is 0.889. The highest BCUT2D eigenvalue weighted by molar-refractivity contribution is 5.23. The molecule has 19 heavy (non-hydrogen) atoms. The Balaban J connectivity index is 1.71. The van der Waals surface area contributed by atoms with E-state index in [1.807, 2.05) is 0 Å². The maximum atomic E-state index is 13.1. The Hall–Kier alpha value is -1.17. The number of halogens is 1. The Kier molecular flexibility index (Phi) is 3.43. The highest BCUT2D eigenvalue weighted by Gasteiger charge is 2.45. The van der Waals surface area contributed by atoms with E-state index in [0.717, 1.165) is 0 Å². The fraction of sp³-hybridized carbons (Fsp3) is 0.571. The second-order valence-corrected chi connectivity index (χ2v) is 5.03. The van der Waals surface area contributed by atoms with Gasteiger partial charge in [0.2, 0.25) is 0 Å². The summed E-state index contributed by atoms with van der Waals surface area (Å²) in [5, 5.41) is 10.0. The van der Waals surface area contributed by atoms with E-state index in [2.05, 4.69) is 0 Å². The lowest BCUT2D eigenvalue weighted by atomic mass is 9.89. The number of rotatable bonds is 2. The minimum atomic E-state index is -0.628. The van der Waals surface area contributed by atoms with Gasteiger partial charge in [-0.15, -0.1) is 0 Å². The number of ether oxygens (including phenoxy) is 3. The Bertz CT molecular complexity index is 445. The van der Waals surface area contributed by atoms with Crippen LogP contribution >= 0.6 is 0 Å². The Morgan fingerprint density at radius 2 is 2.11 bits per heavy atom. The molecular formula is C14H17FO4. The van der Waals surface area contributed by atoms with Crippen LogP contribution in [0.25, 0.3) is 0 Å². The first-order chi connectivity index (χ1) is 9.17. The molecule has 1 heterocycles. The fourth-order valence-electron chi connectivity index (χ4n) is 2.69. The molecule has 1 saturated heterocycles. The van der Waals surface area contributed by atoms with Crippen molar-refractivity contribution in [3.63, 3.8) is 0 Å². The largest absolute Gasteiger partial charge is 0.487 e. The van der Waals surface area contributed by atoms with Crippen LogP contribution in [0.5, 0.6) is 5.75 Å². The number of aliphatic hydroxyl groups is 1. The van der Waals surface area contributed by atoms with E-state index in [0.29, 0.717) is 38.2 Å². The standard InChI is InChI=1S/C14H17FO4/c15-10-2-1-3-11(8-10)19-13-9-14(5-4-12(13)16)17-6-7-18-14/h1-3,8,12-13,16H,4-7,9H2. The van der Waals surface area contributed by atoms with Crippen molar-refractivity contribution >= 4 is 0 Å². The van der Waals surface area contributed by atoms with Crippen molar-refractivity contribution in [3.05, 3.63) is 30.1 Å². The van der Waals surface area contributed by atoms with E-state index in [9.17, 15) is 9.50 Å². The Morgan fingerprint density at radius 1 is 1.32 bits per heavy atom. The predicted octanol–water partition coefficient (Wildman–Crippen LogP) is 1.86. The summed E-state index contributed by atoms with van der Waals surface area (Å²) in [5.74, 6) is -0.568. The first-order valence-corrected chi connectivity index (χ1v) is 6.55. The molecule has 3 rings (SSSR count). The molecule has 0 radical (unpaired) electrons. The molecule has 1 spiro atoms. The Labute approximate surface area is 111 Å². The van der Waals surface area contributed by atoms with Crippen LogP contribution in [0.15, 0.2) is 24.3 Å². The molecule has 1 aliphatic heterocycles. The summed E-state index contributed by atoms with van der Waals surface area (Å²) < 4.78 is 30.1. The molecule has 1 aliphatic carbocycles. The molecule has 1 saturated carbocycles. The average molecular weight is 268 g/mol. The second-order valence-electron chi connectivity index (χ2n) is 5.03. The molecule has 2 unspecified atom stereocenters. The van der Waals surface area contributed by atoms with Crippen molar-refractivity contribution in [3.8, 4) is 5.75 Å². The maximum absolute atomic E-state index is 13.1. The van der Waals surface area contributed by atoms with E-state index in [1.54, 1.807) is 12.1 Å². The zero-order valence-corrected chi connectivity index (χ0v) is 10.5. The van der Waals surface area contributed by atoms with Gasteiger partial charge in [-0.25, -0.2) is 4.39 Å². The SMILES string of the molecule is OC1CCC2(CC1Oc1cccc(F)c1)OCCO2. The van der Waals surface area contributed by atoms with Crippen molar-refractivity contribution in [2.24, 2.45) is 0 Å². The lowest BCUT2D eigenvalue weighted by molar-refractivity contribution is -0.209. The van der Waals surface area contributed by atoms with Crippen molar-refractivity contribution in [2.75, 3.05) is 13.2 Å². The van der Waals surface area contributed by atoms with Crippen LogP contribution in [0.3, 0.4) is 0 Å². The van der Waals surface area contributed by atoms with Gasteiger partial charge in [-0.2, -0.15) is 0 Å². The van der Waals surface area contributed by atoms with Crippen LogP contribution in [0, 0.1) is 5.82 Å². The van der Waals surface area contributed by atoms with Gasteiger partial charge in [0.15, 0.2) is 5.79 Å². The van der Waals surface area contributed by atoms with Gasteiger partial charge in [0.25, 0.3) is 0 Å². The van der Waals surface area contributed by atoms with Gasteiger partial charge in [0, 0.05) is 18.9 Å². The molecular weight excluding hydrogens is 251 g/mol. The smallest absolute Gasteiger partial charge is 0.172 e. The van der Waals surface area contributed by atoms with Crippen LogP contribution in [0.1, 0.15) is 19.3 Å². The molecule has 4 nitrogen and oxygen atoms in total. The number of hydrogen-bond acceptors (Lipinski definition) is 4. The summed E-state index contributed by atoms with van der Waals surface area (Å²) in [6, 6.07) is 5.92. The third-order valence-electron chi connectivity index (χ3n) is 3.66. The Morgan fingerprint density at radius 3 is 2.84 bits per heavy atom. The normalized spacial score (nSPS) is 29.6. The highest BCUT2D eigenvalue weighted by atomic mass is 19.1.